The van der Waals surface area contributed by atoms with Crippen LogP contribution in [-0.4, -0.2) is 39.4 Å². The fourth-order valence-electron chi connectivity index (χ4n) is 0.216. The molecular weight excluding hydrogens is 151 g/mol. The molecule has 9 heavy (non-hydrogen) atoms. The monoisotopic (exact) mass is 164 g/mol. The van der Waals surface area contributed by atoms with Crippen LogP contribution < -0.4 is 0 Å². The van der Waals surface area contributed by atoms with Crippen LogP contribution in [-0.2, 0) is 4.52 Å². The van der Waals surface area contributed by atoms with Crippen molar-refractivity contribution in [1.29, 1.82) is 0 Å². The first-order valence-electron chi connectivity index (χ1n) is 2.43. The van der Waals surface area contributed by atoms with E-state index in [1.54, 1.807) is 0 Å². The van der Waals surface area contributed by atoms with E-state index in [9.17, 15) is 0 Å². The van der Waals surface area contributed by atoms with E-state index in [4.69, 9.17) is 9.79 Å². The van der Waals surface area contributed by atoms with Gasteiger partial charge in [-0.3, -0.25) is 0 Å². The molecule has 0 aromatic heterocycles. The lowest BCUT2D eigenvalue weighted by Crippen LogP contribution is -1.96. The second kappa shape index (κ2) is 7.19. The molecule has 3 nitrogen and oxygen atoms in total. The van der Waals surface area contributed by atoms with Crippen LogP contribution in [0.1, 0.15) is 13.8 Å². The normalized spacial score (nSPS) is 10.0. The molecule has 2 N–H and O–H groups in total. The van der Waals surface area contributed by atoms with Crippen LogP contribution in [0.15, 0.2) is 0 Å². The number of hydrogen-bond donors (Lipinski definition) is 2. The first-order valence-corrected chi connectivity index (χ1v) is 3.60. The summed E-state index contributed by atoms with van der Waals surface area (Å²) in [4.78, 5) is 16.4. The molecule has 5 heteroatoms. The molecule has 0 spiro atoms. The van der Waals surface area contributed by atoms with Crippen molar-refractivity contribution in [1.82, 2.24) is 0 Å². The van der Waals surface area contributed by atoms with Crippen molar-refractivity contribution in [3.8, 4) is 0 Å². The van der Waals surface area contributed by atoms with E-state index in [0.717, 1.165) is 0 Å². The van der Waals surface area contributed by atoms with Crippen LogP contribution in [0.25, 0.3) is 0 Å². The molecule has 0 aliphatic carbocycles. The van der Waals surface area contributed by atoms with Crippen molar-refractivity contribution in [2.45, 2.75) is 13.8 Å². The van der Waals surface area contributed by atoms with Gasteiger partial charge >= 0.3 is 31.7 Å². The van der Waals surface area contributed by atoms with Crippen molar-refractivity contribution in [3.05, 3.63) is 0 Å². The molecule has 0 atom stereocenters. The van der Waals surface area contributed by atoms with Crippen molar-refractivity contribution < 1.29 is 14.3 Å². The average Bonchev–Trinajstić information content (AvgIpc) is 1.61. The number of hydrogen-bond acceptors (Lipinski definition) is 3. The summed E-state index contributed by atoms with van der Waals surface area (Å²) in [7, 11) is -2.13. The van der Waals surface area contributed by atoms with Gasteiger partial charge in [-0.25, -0.2) is 0 Å². The minimum Gasteiger partial charge on any atom is -0.328 e. The third-order valence-corrected chi connectivity index (χ3v) is 0.903. The predicted octanol–water partition coefficient (Wildman–Crippen LogP) is -0.0457. The Hall–Kier alpha value is 1.08. The zero-order valence-corrected chi connectivity index (χ0v) is 5.93. The summed E-state index contributed by atoms with van der Waals surface area (Å²) < 4.78 is 4.48. The average molecular weight is 164 g/mol. The fraction of sp³-hybridized carbons (Fsp3) is 1.00. The lowest BCUT2D eigenvalue weighted by atomic mass is 10.2. The van der Waals surface area contributed by atoms with Crippen LogP contribution in [0.3, 0.4) is 0 Å². The predicted molar refractivity (Wildman–Crippen MR) is 40.7 cm³/mol. The van der Waals surface area contributed by atoms with Gasteiger partial charge in [-0.1, -0.05) is 13.8 Å². The highest BCUT2D eigenvalue weighted by Crippen LogP contribution is 2.24. The molecule has 0 aromatic rings. The Labute approximate surface area is 72.6 Å². The standard InChI is InChI=1S/C4H11O3P.Mg.2H/c1-4(2)3-7-8(5)6;;;/h4-6H,3H2,1-2H3;;;. The van der Waals surface area contributed by atoms with Gasteiger partial charge in [0.25, 0.3) is 0 Å². The highest BCUT2D eigenvalue weighted by atomic mass is 31.2. The summed E-state index contributed by atoms with van der Waals surface area (Å²) in [5.41, 5.74) is 0. The molecule has 0 aromatic carbocycles. The van der Waals surface area contributed by atoms with Crippen molar-refractivity contribution in [3.63, 3.8) is 0 Å². The Balaban J connectivity index is 0. The molecule has 0 aliphatic heterocycles. The maximum Gasteiger partial charge on any atom is 0.327 e. The lowest BCUT2D eigenvalue weighted by Gasteiger charge is -2.04. The van der Waals surface area contributed by atoms with E-state index in [1.807, 2.05) is 13.8 Å². The summed E-state index contributed by atoms with van der Waals surface area (Å²) in [5.74, 6) is 0.360. The van der Waals surface area contributed by atoms with E-state index in [2.05, 4.69) is 4.52 Å². The minimum absolute atomic E-state index is 0. The topological polar surface area (TPSA) is 49.7 Å². The van der Waals surface area contributed by atoms with Gasteiger partial charge in [0.2, 0.25) is 0 Å². The Morgan fingerprint density at radius 2 is 1.89 bits per heavy atom. The summed E-state index contributed by atoms with van der Waals surface area (Å²) >= 11 is 0. The molecule has 0 fully saturated rings. The zero-order chi connectivity index (χ0) is 6.57. The second-order valence-electron chi connectivity index (χ2n) is 1.94. The van der Waals surface area contributed by atoms with Crippen molar-refractivity contribution in [2.75, 3.05) is 6.61 Å². The van der Waals surface area contributed by atoms with E-state index in [1.165, 1.54) is 0 Å². The summed E-state index contributed by atoms with van der Waals surface area (Å²) in [5, 5.41) is 0. The largest absolute Gasteiger partial charge is 0.328 e. The van der Waals surface area contributed by atoms with Gasteiger partial charge in [-0.15, -0.1) is 0 Å². The highest BCUT2D eigenvalue weighted by molar-refractivity contribution is 7.39. The highest BCUT2D eigenvalue weighted by Gasteiger charge is 1.99. The van der Waals surface area contributed by atoms with E-state index in [0.29, 0.717) is 12.5 Å². The SMILES string of the molecule is CC(C)COP(O)O.[MgH2]. The lowest BCUT2D eigenvalue weighted by molar-refractivity contribution is 0.226. The molecule has 0 radical (unpaired) electrons. The molecule has 0 saturated heterocycles. The molecule has 0 aliphatic rings. The molecule has 0 unspecified atom stereocenters. The Morgan fingerprint density at radius 3 is 2.00 bits per heavy atom. The first-order chi connectivity index (χ1) is 3.63. The molecule has 0 heterocycles. The van der Waals surface area contributed by atoms with Gasteiger partial charge in [0.1, 0.15) is 0 Å². The quantitative estimate of drug-likeness (QED) is 0.454. The van der Waals surface area contributed by atoms with Crippen LogP contribution in [0, 0.1) is 5.92 Å². The third-order valence-electron chi connectivity index (χ3n) is 0.523. The number of rotatable bonds is 3. The van der Waals surface area contributed by atoms with E-state index in [-0.39, 0.29) is 23.1 Å². The summed E-state index contributed by atoms with van der Waals surface area (Å²) in [6.45, 7) is 4.30. The van der Waals surface area contributed by atoms with Gasteiger partial charge in [-0.05, 0) is 5.92 Å². The molecule has 0 amide bonds. The van der Waals surface area contributed by atoms with Crippen molar-refractivity contribution >= 4 is 31.7 Å². The molecule has 0 saturated carbocycles. The van der Waals surface area contributed by atoms with Crippen LogP contribution in [0.5, 0.6) is 0 Å². The molecule has 0 rings (SSSR count). The maximum absolute atomic E-state index is 8.20. The van der Waals surface area contributed by atoms with Gasteiger partial charge in [0, 0.05) is 0 Å². The van der Waals surface area contributed by atoms with E-state index >= 15 is 0 Å². The second-order valence-corrected chi connectivity index (χ2v) is 2.71. The van der Waals surface area contributed by atoms with Gasteiger partial charge in [0.15, 0.2) is 0 Å². The first kappa shape index (κ1) is 12.7. The summed E-state index contributed by atoms with van der Waals surface area (Å²) in [6, 6.07) is 0. The Bertz CT molecular complexity index is 51.8. The minimum atomic E-state index is -2.13. The fourth-order valence-corrected chi connectivity index (χ4v) is 0.647. The van der Waals surface area contributed by atoms with Crippen LogP contribution in [0.4, 0.5) is 0 Å². The van der Waals surface area contributed by atoms with Crippen LogP contribution in [0.2, 0.25) is 0 Å². The molecule has 0 bridgehead atoms. The van der Waals surface area contributed by atoms with Crippen molar-refractivity contribution in [2.24, 2.45) is 5.92 Å². The van der Waals surface area contributed by atoms with E-state index < -0.39 is 8.60 Å². The Kier molecular flexibility index (Phi) is 10.2. The Morgan fingerprint density at radius 1 is 1.44 bits per heavy atom. The molecule has 54 valence electrons. The zero-order valence-electron chi connectivity index (χ0n) is 5.03. The third kappa shape index (κ3) is 12.3. The summed E-state index contributed by atoms with van der Waals surface area (Å²) in [6.07, 6.45) is 0. The maximum atomic E-state index is 8.20. The van der Waals surface area contributed by atoms with Crippen LogP contribution >= 0.6 is 8.60 Å². The smallest absolute Gasteiger partial charge is 0.327 e. The molecular formula is C4H13MgO3P. The van der Waals surface area contributed by atoms with Gasteiger partial charge < -0.3 is 14.3 Å². The van der Waals surface area contributed by atoms with Gasteiger partial charge in [-0.2, -0.15) is 0 Å². The van der Waals surface area contributed by atoms with Gasteiger partial charge in [0.05, 0.1) is 6.61 Å².